The van der Waals surface area contributed by atoms with E-state index in [4.69, 9.17) is 9.47 Å². The molecule has 0 bridgehead atoms. The Labute approximate surface area is 247 Å². The van der Waals surface area contributed by atoms with Crippen molar-refractivity contribution in [1.82, 2.24) is 30.4 Å². The summed E-state index contributed by atoms with van der Waals surface area (Å²) in [5.41, 5.74) is 2.10. The number of anilines is 1. The van der Waals surface area contributed by atoms with Gasteiger partial charge in [-0.05, 0) is 38.1 Å². The quantitative estimate of drug-likeness (QED) is 0.401. The van der Waals surface area contributed by atoms with Crippen LogP contribution in [0.2, 0.25) is 0 Å². The van der Waals surface area contributed by atoms with Gasteiger partial charge in [0.1, 0.15) is 29.7 Å². The standard InChI is InChI=1S/C30H34F3N7O3/c1-18(2)40(20-14-30(32,33)15-20)29(41)22-13-19(31)3-4-25(22)43-28-27(36-17-37-38-28)39-11-7-21(8-12-39)42-26-6-10-35-24-5-9-34-16-23(24)26/h3-4,6,10,13,17-18,20-21,34H,5,7-9,11-12,14-16H2,1-2H3. The van der Waals surface area contributed by atoms with Crippen molar-refractivity contribution >= 4 is 11.7 Å². The molecule has 13 heteroatoms. The Kier molecular flexibility index (Phi) is 8.08. The van der Waals surface area contributed by atoms with Crippen molar-refractivity contribution in [3.63, 3.8) is 0 Å². The number of piperidine rings is 1. The van der Waals surface area contributed by atoms with Crippen LogP contribution >= 0.6 is 0 Å². The van der Waals surface area contributed by atoms with Gasteiger partial charge in [-0.3, -0.25) is 9.78 Å². The molecule has 3 aliphatic rings. The molecule has 1 saturated heterocycles. The number of nitrogens with zero attached hydrogens (tertiary/aromatic N) is 6. The maximum atomic E-state index is 14.4. The maximum absolute atomic E-state index is 14.4. The first-order valence-corrected chi connectivity index (χ1v) is 14.6. The van der Waals surface area contributed by atoms with E-state index in [1.807, 2.05) is 11.0 Å². The number of amides is 1. The van der Waals surface area contributed by atoms with E-state index in [-0.39, 0.29) is 29.3 Å². The molecule has 0 spiro atoms. The summed E-state index contributed by atoms with van der Waals surface area (Å²) < 4.78 is 54.2. The lowest BCUT2D eigenvalue weighted by atomic mass is 9.85. The fourth-order valence-electron chi connectivity index (χ4n) is 6.01. The lowest BCUT2D eigenvalue weighted by molar-refractivity contribution is -0.120. The van der Waals surface area contributed by atoms with Gasteiger partial charge in [0, 0.05) is 87.8 Å². The highest BCUT2D eigenvalue weighted by Crippen LogP contribution is 2.42. The second-order valence-corrected chi connectivity index (χ2v) is 11.5. The van der Waals surface area contributed by atoms with Crippen LogP contribution in [0.5, 0.6) is 17.4 Å². The summed E-state index contributed by atoms with van der Waals surface area (Å²) in [6.45, 7) is 6.34. The van der Waals surface area contributed by atoms with Gasteiger partial charge in [0.2, 0.25) is 0 Å². The van der Waals surface area contributed by atoms with Crippen molar-refractivity contribution in [1.29, 1.82) is 0 Å². The van der Waals surface area contributed by atoms with Gasteiger partial charge in [-0.1, -0.05) is 0 Å². The van der Waals surface area contributed by atoms with Gasteiger partial charge in [-0.2, -0.15) is 0 Å². The molecule has 2 aliphatic heterocycles. The number of nitrogens with one attached hydrogen (secondary N) is 1. The van der Waals surface area contributed by atoms with Crippen LogP contribution in [-0.4, -0.2) is 74.7 Å². The predicted molar refractivity (Wildman–Crippen MR) is 151 cm³/mol. The van der Waals surface area contributed by atoms with Crippen LogP contribution in [0.3, 0.4) is 0 Å². The minimum Gasteiger partial charge on any atom is -0.490 e. The summed E-state index contributed by atoms with van der Waals surface area (Å²) in [4.78, 5) is 25.9. The molecule has 1 aliphatic carbocycles. The molecule has 0 atom stereocenters. The largest absolute Gasteiger partial charge is 0.490 e. The van der Waals surface area contributed by atoms with E-state index >= 15 is 0 Å². The highest BCUT2D eigenvalue weighted by molar-refractivity contribution is 5.97. The van der Waals surface area contributed by atoms with Gasteiger partial charge >= 0.3 is 0 Å². The summed E-state index contributed by atoms with van der Waals surface area (Å²) in [6, 6.07) is 4.45. The zero-order valence-corrected chi connectivity index (χ0v) is 24.1. The van der Waals surface area contributed by atoms with E-state index < -0.39 is 36.5 Å². The highest BCUT2D eigenvalue weighted by Gasteiger charge is 2.50. The molecule has 10 nitrogen and oxygen atoms in total. The Morgan fingerprint density at radius 2 is 1.93 bits per heavy atom. The van der Waals surface area contributed by atoms with Crippen molar-refractivity contribution in [2.24, 2.45) is 0 Å². The summed E-state index contributed by atoms with van der Waals surface area (Å²) >= 11 is 0. The zero-order valence-electron chi connectivity index (χ0n) is 24.1. The van der Waals surface area contributed by atoms with Crippen LogP contribution < -0.4 is 19.7 Å². The molecule has 228 valence electrons. The Morgan fingerprint density at radius 3 is 2.67 bits per heavy atom. The third-order valence-electron chi connectivity index (χ3n) is 8.18. The number of fused-ring (bicyclic) bond motifs is 1. The Balaban J connectivity index is 1.17. The molecule has 43 heavy (non-hydrogen) atoms. The Hall–Kier alpha value is -4.00. The van der Waals surface area contributed by atoms with E-state index in [1.165, 1.54) is 23.4 Å². The minimum absolute atomic E-state index is 0.00561. The Morgan fingerprint density at radius 1 is 1.14 bits per heavy atom. The minimum atomic E-state index is -2.81. The van der Waals surface area contributed by atoms with Gasteiger partial charge in [0.25, 0.3) is 17.7 Å². The fraction of sp³-hybridized carbons (Fsp3) is 0.500. The number of carbonyl (C=O) groups excluding carboxylic acids is 1. The van der Waals surface area contributed by atoms with Crippen molar-refractivity contribution in [3.8, 4) is 17.4 Å². The van der Waals surface area contributed by atoms with Crippen LogP contribution in [-0.2, 0) is 13.0 Å². The Bertz CT molecular complexity index is 1480. The molecule has 0 radical (unpaired) electrons. The molecule has 6 rings (SSSR count). The van der Waals surface area contributed by atoms with Gasteiger partial charge in [0.05, 0.1) is 5.56 Å². The first kappa shape index (κ1) is 29.1. The summed E-state index contributed by atoms with van der Waals surface area (Å²) in [5.74, 6) is -2.66. The number of halogens is 3. The molecular formula is C30H34F3N7O3. The number of alkyl halides is 2. The van der Waals surface area contributed by atoms with Crippen LogP contribution in [0.4, 0.5) is 19.0 Å². The second kappa shape index (κ2) is 11.9. The third-order valence-corrected chi connectivity index (χ3v) is 8.18. The molecule has 1 saturated carbocycles. The topological polar surface area (TPSA) is 106 Å². The number of aromatic nitrogens is 4. The molecule has 1 N–H and O–H groups in total. The summed E-state index contributed by atoms with van der Waals surface area (Å²) in [7, 11) is 0. The first-order chi connectivity index (χ1) is 20.7. The maximum Gasteiger partial charge on any atom is 0.282 e. The van der Waals surface area contributed by atoms with Gasteiger partial charge < -0.3 is 24.6 Å². The molecule has 0 unspecified atom stereocenters. The average molecular weight is 598 g/mol. The van der Waals surface area contributed by atoms with Gasteiger partial charge in [0.15, 0.2) is 5.82 Å². The van der Waals surface area contributed by atoms with Crippen LogP contribution in [0.15, 0.2) is 36.8 Å². The van der Waals surface area contributed by atoms with E-state index in [0.717, 1.165) is 55.4 Å². The van der Waals surface area contributed by atoms with Crippen LogP contribution in [0.1, 0.15) is 61.1 Å². The van der Waals surface area contributed by atoms with E-state index in [0.29, 0.717) is 18.9 Å². The summed E-state index contributed by atoms with van der Waals surface area (Å²) in [6.07, 6.45) is 4.58. The van der Waals surface area contributed by atoms with Crippen LogP contribution in [0.25, 0.3) is 0 Å². The van der Waals surface area contributed by atoms with Crippen LogP contribution in [0, 0.1) is 5.82 Å². The van der Waals surface area contributed by atoms with Gasteiger partial charge in [-0.15, -0.1) is 10.2 Å². The fourth-order valence-corrected chi connectivity index (χ4v) is 6.01. The molecule has 1 amide bonds. The number of benzene rings is 1. The highest BCUT2D eigenvalue weighted by atomic mass is 19.3. The number of hydrogen-bond donors (Lipinski definition) is 1. The number of hydrogen-bond acceptors (Lipinski definition) is 9. The zero-order chi connectivity index (χ0) is 30.1. The molecule has 3 aromatic rings. The predicted octanol–water partition coefficient (Wildman–Crippen LogP) is 4.54. The average Bonchev–Trinajstić information content (AvgIpc) is 2.98. The van der Waals surface area contributed by atoms with Crippen molar-refractivity contribution in [2.45, 2.75) is 76.6 Å². The summed E-state index contributed by atoms with van der Waals surface area (Å²) in [5, 5.41) is 11.4. The molecule has 2 fully saturated rings. The smallest absolute Gasteiger partial charge is 0.282 e. The van der Waals surface area contributed by atoms with Crippen molar-refractivity contribution < 1.29 is 27.4 Å². The van der Waals surface area contributed by atoms with Crippen molar-refractivity contribution in [3.05, 3.63) is 59.4 Å². The second-order valence-electron chi connectivity index (χ2n) is 11.5. The number of carbonyl (C=O) groups is 1. The normalized spacial score (nSPS) is 18.6. The first-order valence-electron chi connectivity index (χ1n) is 14.6. The number of ether oxygens (including phenoxy) is 2. The SMILES string of the molecule is CC(C)N(C(=O)c1cc(F)ccc1Oc1nncnc1N1CCC(Oc2ccnc3c2CNCC3)CC1)C1CC(F)(F)C1. The van der Waals surface area contributed by atoms with E-state index in [2.05, 4.69) is 25.5 Å². The lowest BCUT2D eigenvalue weighted by Crippen LogP contribution is -2.55. The van der Waals surface area contributed by atoms with Crippen molar-refractivity contribution in [2.75, 3.05) is 24.5 Å². The lowest BCUT2D eigenvalue weighted by Gasteiger charge is -2.44. The third kappa shape index (κ3) is 6.22. The molecule has 4 heterocycles. The monoisotopic (exact) mass is 597 g/mol. The molecular weight excluding hydrogens is 563 g/mol. The van der Waals surface area contributed by atoms with Gasteiger partial charge in [-0.25, -0.2) is 18.2 Å². The molecule has 1 aromatic carbocycles. The number of rotatable bonds is 8. The van der Waals surface area contributed by atoms with E-state index in [1.54, 1.807) is 20.0 Å². The molecule has 2 aromatic heterocycles. The number of pyridine rings is 1. The van der Waals surface area contributed by atoms with E-state index in [9.17, 15) is 18.0 Å².